The highest BCUT2D eigenvalue weighted by Gasteiger charge is 2.18. The second kappa shape index (κ2) is 10.8. The molecule has 17 heavy (non-hydrogen) atoms. The lowest BCUT2D eigenvalue weighted by molar-refractivity contribution is 0.402. The molecule has 2 nitrogen and oxygen atoms in total. The Balaban J connectivity index is 3.25. The molecule has 0 rings (SSSR count). The van der Waals surface area contributed by atoms with Crippen molar-refractivity contribution in [2.45, 2.75) is 64.6 Å². The molecule has 0 atom stereocenters. The molecule has 0 amide bonds. The Morgan fingerprint density at radius 3 is 2.53 bits per heavy atom. The third kappa shape index (κ3) is 12.0. The number of unbranched alkanes of at least 4 members (excludes halogenated alkanes) is 4. The average Bonchev–Trinajstić information content (AvgIpc) is 2.31. The first-order valence-corrected chi connectivity index (χ1v) is 10.2. The van der Waals surface area contributed by atoms with E-state index >= 15 is 0 Å². The standard InChI is InChI=1S/C14H31NOSi/c1-5-6-7-8-9-10-12-15-13-11-14-17(3,4)16-2/h10,12,15H,5-9,11,13-14H2,1-4H3. The van der Waals surface area contributed by atoms with Crippen LogP contribution in [-0.2, 0) is 4.43 Å². The van der Waals surface area contributed by atoms with E-state index in [-0.39, 0.29) is 0 Å². The summed E-state index contributed by atoms with van der Waals surface area (Å²) in [5.74, 6) is 0. The third-order valence-corrected chi connectivity index (χ3v) is 5.78. The van der Waals surface area contributed by atoms with E-state index < -0.39 is 8.32 Å². The largest absolute Gasteiger partial charge is 0.420 e. The fourth-order valence-electron chi connectivity index (χ4n) is 1.66. The maximum absolute atomic E-state index is 5.51. The molecule has 0 radical (unpaired) electrons. The van der Waals surface area contributed by atoms with Gasteiger partial charge in [0.25, 0.3) is 0 Å². The minimum absolute atomic E-state index is 1.07. The molecule has 1 N–H and O–H groups in total. The average molecular weight is 257 g/mol. The smallest absolute Gasteiger partial charge is 0.186 e. The molecule has 0 heterocycles. The Hall–Kier alpha value is -0.283. The SMILES string of the molecule is CCCCCCC=CNCCC[Si](C)(C)OC. The lowest BCUT2D eigenvalue weighted by Gasteiger charge is -2.19. The van der Waals surface area contributed by atoms with E-state index in [1.165, 1.54) is 44.6 Å². The highest BCUT2D eigenvalue weighted by Crippen LogP contribution is 2.11. The minimum atomic E-state index is -1.33. The van der Waals surface area contributed by atoms with Crippen LogP contribution in [0, 0.1) is 0 Å². The third-order valence-electron chi connectivity index (χ3n) is 3.11. The zero-order valence-electron chi connectivity index (χ0n) is 12.2. The monoisotopic (exact) mass is 257 g/mol. The molecule has 0 aromatic rings. The first-order chi connectivity index (χ1) is 8.12. The zero-order valence-corrected chi connectivity index (χ0v) is 13.2. The van der Waals surface area contributed by atoms with Crippen LogP contribution in [0.15, 0.2) is 12.3 Å². The predicted molar refractivity (Wildman–Crippen MR) is 79.8 cm³/mol. The van der Waals surface area contributed by atoms with E-state index in [4.69, 9.17) is 4.43 Å². The van der Waals surface area contributed by atoms with Crippen LogP contribution in [0.4, 0.5) is 0 Å². The topological polar surface area (TPSA) is 21.3 Å². The molecule has 0 aliphatic carbocycles. The van der Waals surface area contributed by atoms with Gasteiger partial charge in [-0.1, -0.05) is 32.3 Å². The van der Waals surface area contributed by atoms with Crippen LogP contribution in [0.1, 0.15) is 45.4 Å². The minimum Gasteiger partial charge on any atom is -0.420 e. The molecule has 0 saturated heterocycles. The van der Waals surface area contributed by atoms with Crippen molar-refractivity contribution in [3.05, 3.63) is 12.3 Å². The summed E-state index contributed by atoms with van der Waals surface area (Å²) in [5.41, 5.74) is 0. The van der Waals surface area contributed by atoms with Gasteiger partial charge in [-0.05, 0) is 44.6 Å². The zero-order chi connectivity index (χ0) is 13.0. The Bertz CT molecular complexity index is 193. The fourth-order valence-corrected chi connectivity index (χ4v) is 2.89. The first kappa shape index (κ1) is 16.7. The highest BCUT2D eigenvalue weighted by atomic mass is 28.4. The summed E-state index contributed by atoms with van der Waals surface area (Å²) in [4.78, 5) is 0. The van der Waals surface area contributed by atoms with Crippen LogP contribution in [0.2, 0.25) is 19.1 Å². The van der Waals surface area contributed by atoms with Crippen molar-refractivity contribution in [1.29, 1.82) is 0 Å². The van der Waals surface area contributed by atoms with Gasteiger partial charge in [0, 0.05) is 13.7 Å². The van der Waals surface area contributed by atoms with Gasteiger partial charge in [-0.3, -0.25) is 0 Å². The number of hydrogen-bond donors (Lipinski definition) is 1. The van der Waals surface area contributed by atoms with E-state index in [2.05, 4.69) is 37.6 Å². The van der Waals surface area contributed by atoms with Crippen molar-refractivity contribution in [1.82, 2.24) is 5.32 Å². The number of nitrogens with one attached hydrogen (secondary N) is 1. The molecule has 0 spiro atoms. The summed E-state index contributed by atoms with van der Waals surface area (Å²) >= 11 is 0. The van der Waals surface area contributed by atoms with E-state index in [0.29, 0.717) is 0 Å². The van der Waals surface area contributed by atoms with Crippen molar-refractivity contribution < 1.29 is 4.43 Å². The summed E-state index contributed by atoms with van der Waals surface area (Å²) in [5, 5.41) is 3.36. The van der Waals surface area contributed by atoms with Crippen LogP contribution < -0.4 is 5.32 Å². The molecular weight excluding hydrogens is 226 g/mol. The summed E-state index contributed by atoms with van der Waals surface area (Å²) in [6.45, 7) is 7.88. The van der Waals surface area contributed by atoms with Crippen LogP contribution in [0.5, 0.6) is 0 Å². The summed E-state index contributed by atoms with van der Waals surface area (Å²) < 4.78 is 5.51. The molecule has 0 fully saturated rings. The first-order valence-electron chi connectivity index (χ1n) is 7.06. The molecule has 0 aliphatic rings. The van der Waals surface area contributed by atoms with Crippen LogP contribution >= 0.6 is 0 Å². The van der Waals surface area contributed by atoms with E-state index in [1.807, 2.05) is 7.11 Å². The van der Waals surface area contributed by atoms with Gasteiger partial charge in [0.05, 0.1) is 0 Å². The van der Waals surface area contributed by atoms with Gasteiger partial charge in [-0.15, -0.1) is 0 Å². The van der Waals surface area contributed by atoms with Crippen LogP contribution in [0.3, 0.4) is 0 Å². The van der Waals surface area contributed by atoms with E-state index in [1.54, 1.807) is 0 Å². The Morgan fingerprint density at radius 1 is 1.12 bits per heavy atom. The summed E-state index contributed by atoms with van der Waals surface area (Å²) in [7, 11) is 0.511. The van der Waals surface area contributed by atoms with Gasteiger partial charge >= 0.3 is 0 Å². The Kier molecular flexibility index (Phi) is 10.7. The van der Waals surface area contributed by atoms with Crippen molar-refractivity contribution in [2.24, 2.45) is 0 Å². The van der Waals surface area contributed by atoms with Crippen molar-refractivity contribution in [2.75, 3.05) is 13.7 Å². The van der Waals surface area contributed by atoms with Gasteiger partial charge in [0.2, 0.25) is 0 Å². The normalized spacial score (nSPS) is 12.2. The fraction of sp³-hybridized carbons (Fsp3) is 0.857. The van der Waals surface area contributed by atoms with Gasteiger partial charge in [0.15, 0.2) is 8.32 Å². The van der Waals surface area contributed by atoms with Crippen molar-refractivity contribution in [3.8, 4) is 0 Å². The number of rotatable bonds is 11. The second-order valence-corrected chi connectivity index (χ2v) is 9.70. The number of hydrogen-bond acceptors (Lipinski definition) is 2. The van der Waals surface area contributed by atoms with E-state index in [9.17, 15) is 0 Å². The molecule has 0 aliphatic heterocycles. The quantitative estimate of drug-likeness (QED) is 0.440. The maximum Gasteiger partial charge on any atom is 0.186 e. The molecule has 0 saturated carbocycles. The van der Waals surface area contributed by atoms with Crippen molar-refractivity contribution in [3.63, 3.8) is 0 Å². The lowest BCUT2D eigenvalue weighted by atomic mass is 10.1. The number of allylic oxidation sites excluding steroid dienone is 1. The van der Waals surface area contributed by atoms with E-state index in [0.717, 1.165) is 6.54 Å². The molecule has 0 aromatic heterocycles. The van der Waals surface area contributed by atoms with Crippen LogP contribution in [-0.4, -0.2) is 22.0 Å². The molecule has 0 bridgehead atoms. The molecule has 102 valence electrons. The molecule has 3 heteroatoms. The van der Waals surface area contributed by atoms with Crippen LogP contribution in [0.25, 0.3) is 0 Å². The summed E-state index contributed by atoms with van der Waals surface area (Å²) in [6, 6.07) is 1.24. The van der Waals surface area contributed by atoms with Gasteiger partial charge in [-0.25, -0.2) is 0 Å². The Morgan fingerprint density at radius 2 is 1.88 bits per heavy atom. The lowest BCUT2D eigenvalue weighted by Crippen LogP contribution is -2.29. The van der Waals surface area contributed by atoms with Gasteiger partial charge < -0.3 is 9.74 Å². The molecule has 0 aromatic carbocycles. The maximum atomic E-state index is 5.51. The Labute approximate surface area is 109 Å². The van der Waals surface area contributed by atoms with Gasteiger partial charge in [-0.2, -0.15) is 0 Å². The highest BCUT2D eigenvalue weighted by molar-refractivity contribution is 6.71. The second-order valence-electron chi connectivity index (χ2n) is 5.27. The van der Waals surface area contributed by atoms with Crippen molar-refractivity contribution >= 4 is 8.32 Å². The predicted octanol–water partition coefficient (Wildman–Crippen LogP) is 4.30. The molecular formula is C14H31NOSi. The van der Waals surface area contributed by atoms with Gasteiger partial charge in [0.1, 0.15) is 0 Å². The summed E-state index contributed by atoms with van der Waals surface area (Å²) in [6.07, 6.45) is 12.2. The molecule has 0 unspecified atom stereocenters.